The van der Waals surface area contributed by atoms with E-state index < -0.39 is 44.8 Å². The molecule has 0 spiro atoms. The number of carboxylic acids is 1. The number of piperazine rings is 1. The molecule has 2 atom stereocenters. The summed E-state index contributed by atoms with van der Waals surface area (Å²) < 4.78 is 32.3. The maximum atomic E-state index is 13.4. The van der Waals surface area contributed by atoms with Crippen molar-refractivity contribution in [3.8, 4) is 5.75 Å². The van der Waals surface area contributed by atoms with E-state index in [2.05, 4.69) is 15.6 Å². The highest BCUT2D eigenvalue weighted by Crippen LogP contribution is 2.42. The Kier molecular flexibility index (Phi) is 8.79. The minimum atomic E-state index is -4.05. The topological polar surface area (TPSA) is 158 Å². The molecule has 2 fully saturated rings. The van der Waals surface area contributed by atoms with E-state index in [1.807, 2.05) is 0 Å². The lowest BCUT2D eigenvalue weighted by molar-refractivity contribution is -0.142. The normalized spacial score (nSPS) is 20.3. The van der Waals surface area contributed by atoms with Gasteiger partial charge in [-0.2, -0.15) is 4.31 Å². The van der Waals surface area contributed by atoms with E-state index in [0.29, 0.717) is 37.5 Å². The van der Waals surface area contributed by atoms with Crippen LogP contribution in [0.25, 0.3) is 0 Å². The summed E-state index contributed by atoms with van der Waals surface area (Å²) in [6, 6.07) is 6.82. The number of ether oxygens (including phenoxy) is 1. The molecule has 14 heteroatoms. The van der Waals surface area contributed by atoms with Gasteiger partial charge in [0.15, 0.2) is 0 Å². The molecule has 210 valence electrons. The molecule has 4 rings (SSSR count). The van der Waals surface area contributed by atoms with E-state index in [9.17, 15) is 27.9 Å². The van der Waals surface area contributed by atoms with Crippen LogP contribution in [-0.2, 0) is 26.0 Å². The zero-order valence-corrected chi connectivity index (χ0v) is 23.2. The Morgan fingerprint density at radius 1 is 1.21 bits per heavy atom. The molecule has 1 aromatic carbocycles. The Labute approximate surface area is 231 Å². The first-order chi connectivity index (χ1) is 18.5. The molecule has 2 aliphatic heterocycles. The second-order valence-corrected chi connectivity index (χ2v) is 13.2. The zero-order chi connectivity index (χ0) is 28.2. The minimum Gasteiger partial charge on any atom is -0.480 e. The average molecular weight is 578 g/mol. The van der Waals surface area contributed by atoms with Gasteiger partial charge in [0, 0.05) is 49.7 Å². The Bertz CT molecular complexity index is 1300. The minimum absolute atomic E-state index is 0.0359. The van der Waals surface area contributed by atoms with Crippen LogP contribution >= 0.6 is 11.8 Å². The van der Waals surface area contributed by atoms with Crippen LogP contribution in [0.3, 0.4) is 0 Å². The van der Waals surface area contributed by atoms with Crippen LogP contribution in [0.2, 0.25) is 0 Å². The van der Waals surface area contributed by atoms with Crippen molar-refractivity contribution < 1.29 is 32.6 Å². The Morgan fingerprint density at radius 3 is 2.51 bits per heavy atom. The monoisotopic (exact) mass is 577 g/mol. The number of rotatable bonds is 8. The summed E-state index contributed by atoms with van der Waals surface area (Å²) >= 11 is 1.29. The standard InChI is InChI=1S/C25H31N5O7S2/c1-25(2)21(30(16-38-25)39(35,36)19-4-3-9-27-15-19)22(31)28-20(23(32)33)14-17-5-7-18(8-6-17)37-24(34)29-12-10-26-11-13-29/h3-9,15,20-21,26H,10-14,16H2,1-2H3,(H,28,31)(H,32,33)/t20-,21?/m0/s1. The summed E-state index contributed by atoms with van der Waals surface area (Å²) in [5.74, 6) is -1.61. The predicted molar refractivity (Wildman–Crippen MR) is 144 cm³/mol. The van der Waals surface area contributed by atoms with Crippen molar-refractivity contribution in [3.05, 3.63) is 54.4 Å². The van der Waals surface area contributed by atoms with Crippen LogP contribution < -0.4 is 15.4 Å². The number of hydrogen-bond donors (Lipinski definition) is 3. The van der Waals surface area contributed by atoms with Crippen molar-refractivity contribution in [3.63, 3.8) is 0 Å². The smallest absolute Gasteiger partial charge is 0.415 e. The number of aromatic nitrogens is 1. The summed E-state index contributed by atoms with van der Waals surface area (Å²) in [6.07, 6.45) is 2.16. The van der Waals surface area contributed by atoms with Gasteiger partial charge < -0.3 is 25.4 Å². The highest BCUT2D eigenvalue weighted by atomic mass is 32.2. The van der Waals surface area contributed by atoms with Crippen molar-refractivity contribution in [2.45, 2.75) is 42.0 Å². The number of nitrogens with one attached hydrogen (secondary N) is 2. The Hall–Kier alpha value is -3.20. The van der Waals surface area contributed by atoms with Gasteiger partial charge in [-0.05, 0) is 43.7 Å². The van der Waals surface area contributed by atoms with Gasteiger partial charge in [-0.25, -0.2) is 18.0 Å². The number of aliphatic carboxylic acids is 1. The summed E-state index contributed by atoms with van der Waals surface area (Å²) in [4.78, 5) is 43.2. The molecule has 1 aromatic heterocycles. The van der Waals surface area contributed by atoms with E-state index in [4.69, 9.17) is 4.74 Å². The van der Waals surface area contributed by atoms with E-state index in [1.165, 1.54) is 36.3 Å². The van der Waals surface area contributed by atoms with Crippen LogP contribution in [-0.4, -0.2) is 94.6 Å². The van der Waals surface area contributed by atoms with Gasteiger partial charge in [0.05, 0.1) is 5.88 Å². The maximum Gasteiger partial charge on any atom is 0.415 e. The van der Waals surface area contributed by atoms with Crippen molar-refractivity contribution in [2.24, 2.45) is 0 Å². The predicted octanol–water partition coefficient (Wildman–Crippen LogP) is 1.14. The van der Waals surface area contributed by atoms with Gasteiger partial charge in [-0.3, -0.25) is 9.78 Å². The molecule has 0 bridgehead atoms. The summed E-state index contributed by atoms with van der Waals surface area (Å²) in [6.45, 7) is 5.98. The van der Waals surface area contributed by atoms with E-state index in [0.717, 1.165) is 4.31 Å². The molecule has 12 nitrogen and oxygen atoms in total. The third-order valence-corrected chi connectivity index (χ3v) is 9.89. The van der Waals surface area contributed by atoms with Gasteiger partial charge >= 0.3 is 12.1 Å². The summed E-state index contributed by atoms with van der Waals surface area (Å²) in [5.41, 5.74) is 0.588. The van der Waals surface area contributed by atoms with Gasteiger partial charge in [0.1, 0.15) is 22.7 Å². The molecule has 2 saturated heterocycles. The number of benzene rings is 1. The Morgan fingerprint density at radius 2 is 1.90 bits per heavy atom. The van der Waals surface area contributed by atoms with Crippen molar-refractivity contribution in [2.75, 3.05) is 32.1 Å². The molecule has 0 radical (unpaired) electrons. The molecular weight excluding hydrogens is 546 g/mol. The largest absolute Gasteiger partial charge is 0.480 e. The lowest BCUT2D eigenvalue weighted by Crippen LogP contribution is -2.56. The highest BCUT2D eigenvalue weighted by molar-refractivity contribution is 8.02. The fourth-order valence-corrected chi connectivity index (χ4v) is 7.55. The molecule has 3 heterocycles. The average Bonchev–Trinajstić information content (AvgIpc) is 3.25. The van der Waals surface area contributed by atoms with Gasteiger partial charge in [0.2, 0.25) is 15.9 Å². The molecule has 3 N–H and O–H groups in total. The van der Waals surface area contributed by atoms with E-state index in [1.54, 1.807) is 43.0 Å². The zero-order valence-electron chi connectivity index (χ0n) is 21.6. The fourth-order valence-electron chi connectivity index (χ4n) is 4.41. The van der Waals surface area contributed by atoms with Crippen LogP contribution in [0, 0.1) is 0 Å². The number of sulfonamides is 1. The molecule has 0 saturated carbocycles. The van der Waals surface area contributed by atoms with Crippen LogP contribution in [0.1, 0.15) is 19.4 Å². The lowest BCUT2D eigenvalue weighted by Gasteiger charge is -2.30. The summed E-state index contributed by atoms with van der Waals surface area (Å²) in [5, 5.41) is 15.5. The second kappa shape index (κ2) is 11.9. The molecule has 2 aromatic rings. The van der Waals surface area contributed by atoms with Crippen molar-refractivity contribution >= 4 is 39.8 Å². The van der Waals surface area contributed by atoms with Crippen molar-refractivity contribution in [1.29, 1.82) is 0 Å². The van der Waals surface area contributed by atoms with Gasteiger partial charge in [-0.1, -0.05) is 12.1 Å². The number of thioether (sulfide) groups is 1. The third kappa shape index (κ3) is 6.69. The highest BCUT2D eigenvalue weighted by Gasteiger charge is 2.51. The number of nitrogens with zero attached hydrogens (tertiary/aromatic N) is 3. The third-order valence-electron chi connectivity index (χ3n) is 6.56. The fraction of sp³-hybridized carbons (Fsp3) is 0.440. The first kappa shape index (κ1) is 28.8. The number of carboxylic acid groups (broad SMARTS) is 1. The van der Waals surface area contributed by atoms with E-state index in [-0.39, 0.29) is 17.2 Å². The van der Waals surface area contributed by atoms with Crippen LogP contribution in [0.5, 0.6) is 5.75 Å². The Balaban J connectivity index is 1.44. The molecule has 2 amide bonds. The number of amides is 2. The molecular formula is C25H31N5O7S2. The molecule has 39 heavy (non-hydrogen) atoms. The van der Waals surface area contributed by atoms with E-state index >= 15 is 0 Å². The SMILES string of the molecule is CC1(C)SCN(S(=O)(=O)c2cccnc2)C1C(=O)N[C@@H](Cc1ccc(OC(=O)N2CCNCC2)cc1)C(=O)O. The number of carbonyl (C=O) groups excluding carboxylic acids is 2. The molecule has 1 unspecified atom stereocenters. The lowest BCUT2D eigenvalue weighted by atomic mass is 10.0. The number of hydrogen-bond acceptors (Lipinski definition) is 9. The molecule has 0 aliphatic carbocycles. The van der Waals surface area contributed by atoms with Gasteiger partial charge in [-0.15, -0.1) is 11.8 Å². The van der Waals surface area contributed by atoms with Gasteiger partial charge in [0.25, 0.3) is 0 Å². The maximum absolute atomic E-state index is 13.4. The molecule has 2 aliphatic rings. The first-order valence-corrected chi connectivity index (χ1v) is 14.8. The quantitative estimate of drug-likeness (QED) is 0.415. The number of carbonyl (C=O) groups is 3. The summed E-state index contributed by atoms with van der Waals surface area (Å²) in [7, 11) is -4.05. The van der Waals surface area contributed by atoms with Crippen LogP contribution in [0.15, 0.2) is 53.7 Å². The number of pyridine rings is 1. The van der Waals surface area contributed by atoms with Crippen LogP contribution in [0.4, 0.5) is 4.79 Å². The first-order valence-electron chi connectivity index (χ1n) is 12.3. The second-order valence-electron chi connectivity index (χ2n) is 9.71. The van der Waals surface area contributed by atoms with Crippen molar-refractivity contribution in [1.82, 2.24) is 24.8 Å².